The molecule has 0 fully saturated rings. The number of carbonyl (C=O) groups is 1. The maximum atomic E-state index is 10.4. The van der Waals surface area contributed by atoms with Crippen LogP contribution in [0.15, 0.2) is 28.7 Å². The molecule has 2 aromatic rings. The molecule has 5 nitrogen and oxygen atoms in total. The third-order valence-corrected chi connectivity index (χ3v) is 4.61. The van der Waals surface area contributed by atoms with Crippen molar-refractivity contribution in [3.8, 4) is 23.3 Å². The van der Waals surface area contributed by atoms with Gasteiger partial charge in [0.15, 0.2) is 0 Å². The summed E-state index contributed by atoms with van der Waals surface area (Å²) < 4.78 is 11.3. The van der Waals surface area contributed by atoms with Crippen molar-refractivity contribution >= 4 is 17.7 Å². The Bertz CT molecular complexity index is 787. The first-order valence-corrected chi connectivity index (χ1v) is 10.1. The fourth-order valence-electron chi connectivity index (χ4n) is 2.47. The summed E-state index contributed by atoms with van der Waals surface area (Å²) >= 11 is 1.28. The molecule has 0 bridgehead atoms. The lowest BCUT2D eigenvalue weighted by molar-refractivity contribution is -0.133. The van der Waals surface area contributed by atoms with Gasteiger partial charge in [-0.3, -0.25) is 4.79 Å². The van der Waals surface area contributed by atoms with E-state index in [9.17, 15) is 4.79 Å². The molecule has 6 heteroatoms. The number of hydrogen-bond donors (Lipinski definition) is 1. The molecule has 0 spiro atoms. The van der Waals surface area contributed by atoms with Gasteiger partial charge in [0.1, 0.15) is 12.4 Å². The van der Waals surface area contributed by atoms with Gasteiger partial charge < -0.3 is 14.3 Å². The zero-order valence-electron chi connectivity index (χ0n) is 15.8. The minimum absolute atomic E-state index is 0.0740. The maximum absolute atomic E-state index is 10.4. The summed E-state index contributed by atoms with van der Waals surface area (Å²) in [5.74, 6) is 6.96. The first-order valence-electron chi connectivity index (χ1n) is 8.98. The van der Waals surface area contributed by atoms with E-state index in [2.05, 4.69) is 48.0 Å². The van der Waals surface area contributed by atoms with Gasteiger partial charge in [0.2, 0.25) is 5.89 Å². The number of aromatic nitrogens is 1. The summed E-state index contributed by atoms with van der Waals surface area (Å²) in [5, 5.41) is 8.52. The summed E-state index contributed by atoms with van der Waals surface area (Å²) in [7, 11) is 0. The molecule has 0 aliphatic carbocycles. The van der Waals surface area contributed by atoms with Crippen LogP contribution >= 0.6 is 11.8 Å². The molecule has 0 radical (unpaired) electrons. The molecule has 144 valence electrons. The first-order chi connectivity index (χ1) is 13.1. The van der Waals surface area contributed by atoms with Crippen molar-refractivity contribution in [1.29, 1.82) is 0 Å². The van der Waals surface area contributed by atoms with Gasteiger partial charge in [0.05, 0.1) is 23.8 Å². The Hall–Kier alpha value is -2.23. The molecule has 1 N–H and O–H groups in total. The smallest absolute Gasteiger partial charge is 0.313 e. The zero-order valence-corrected chi connectivity index (χ0v) is 16.6. The van der Waals surface area contributed by atoms with Gasteiger partial charge in [-0.05, 0) is 31.0 Å². The first kappa shape index (κ1) is 21.1. The Kier molecular flexibility index (Phi) is 8.96. The monoisotopic (exact) mass is 387 g/mol. The molecule has 0 aliphatic rings. The molecule has 1 aromatic heterocycles. The molecule has 2 rings (SSSR count). The number of carboxylic acid groups (broad SMARTS) is 1. The Morgan fingerprint density at radius 1 is 1.26 bits per heavy atom. The number of carboxylic acids is 1. The van der Waals surface area contributed by atoms with Crippen LogP contribution in [0, 0.1) is 18.8 Å². The number of rotatable bonds is 10. The van der Waals surface area contributed by atoms with Gasteiger partial charge in [-0.15, -0.1) is 11.8 Å². The quantitative estimate of drug-likeness (QED) is 0.491. The van der Waals surface area contributed by atoms with E-state index in [1.54, 1.807) is 0 Å². The van der Waals surface area contributed by atoms with E-state index in [0.717, 1.165) is 29.9 Å². The van der Waals surface area contributed by atoms with E-state index < -0.39 is 5.97 Å². The summed E-state index contributed by atoms with van der Waals surface area (Å²) in [6.07, 6.45) is 2.88. The molecule has 0 atom stereocenters. The van der Waals surface area contributed by atoms with Crippen LogP contribution in [-0.2, 0) is 22.4 Å². The molecule has 0 aliphatic heterocycles. The molecule has 27 heavy (non-hydrogen) atoms. The molecular weight excluding hydrogens is 362 g/mol. The summed E-state index contributed by atoms with van der Waals surface area (Å²) in [4.78, 5) is 15.0. The molecule has 0 saturated heterocycles. The number of thioether (sulfide) groups is 1. The van der Waals surface area contributed by atoms with Crippen LogP contribution < -0.4 is 0 Å². The molecule has 1 heterocycles. The van der Waals surface area contributed by atoms with Gasteiger partial charge in [-0.1, -0.05) is 37.3 Å². The van der Waals surface area contributed by atoms with Crippen LogP contribution in [0.5, 0.6) is 0 Å². The van der Waals surface area contributed by atoms with Gasteiger partial charge >= 0.3 is 5.97 Å². The highest BCUT2D eigenvalue weighted by molar-refractivity contribution is 8.00. The third kappa shape index (κ3) is 7.49. The van der Waals surface area contributed by atoms with Crippen molar-refractivity contribution in [3.05, 3.63) is 41.3 Å². The summed E-state index contributed by atoms with van der Waals surface area (Å²) in [6, 6.07) is 8.34. The van der Waals surface area contributed by atoms with E-state index in [-0.39, 0.29) is 5.75 Å². The molecule has 0 saturated carbocycles. The second-order valence-electron chi connectivity index (χ2n) is 6.01. The van der Waals surface area contributed by atoms with E-state index in [1.807, 2.05) is 6.92 Å². The number of hydrogen-bond acceptors (Lipinski definition) is 5. The molecule has 0 amide bonds. The van der Waals surface area contributed by atoms with Crippen molar-refractivity contribution in [1.82, 2.24) is 4.98 Å². The summed E-state index contributed by atoms with van der Waals surface area (Å²) in [6.45, 7) is 4.93. The number of ether oxygens (including phenoxy) is 1. The van der Waals surface area contributed by atoms with Crippen LogP contribution in [0.4, 0.5) is 0 Å². The fourth-order valence-corrected chi connectivity index (χ4v) is 2.95. The third-order valence-electron chi connectivity index (χ3n) is 3.81. The van der Waals surface area contributed by atoms with Gasteiger partial charge in [-0.2, -0.15) is 0 Å². The van der Waals surface area contributed by atoms with E-state index in [1.165, 1.54) is 17.3 Å². The largest absolute Gasteiger partial charge is 0.481 e. The predicted molar refractivity (Wildman–Crippen MR) is 108 cm³/mol. The Morgan fingerprint density at radius 3 is 2.74 bits per heavy atom. The van der Waals surface area contributed by atoms with Crippen LogP contribution in [-0.4, -0.2) is 40.8 Å². The lowest BCUT2D eigenvalue weighted by Crippen LogP contribution is -2.00. The topological polar surface area (TPSA) is 72.6 Å². The Morgan fingerprint density at radius 2 is 2.04 bits per heavy atom. The standard InChI is InChI=1S/C21H25NO4S/c1-3-6-17-7-9-18(10-8-17)21-22-19(16(2)26-21)11-13-25-12-4-5-14-27-15-20(23)24/h7-10H,3,6,11-15H2,1-2H3,(H,23,24). The number of aryl methyl sites for hydroxylation is 2. The maximum Gasteiger partial charge on any atom is 0.313 e. The number of oxazole rings is 1. The van der Waals surface area contributed by atoms with Gasteiger partial charge in [0.25, 0.3) is 0 Å². The van der Waals surface area contributed by atoms with Crippen LogP contribution in [0.2, 0.25) is 0 Å². The van der Waals surface area contributed by atoms with E-state index >= 15 is 0 Å². The second-order valence-corrected chi connectivity index (χ2v) is 7.00. The van der Waals surface area contributed by atoms with Crippen molar-refractivity contribution in [3.63, 3.8) is 0 Å². The Balaban J connectivity index is 1.76. The van der Waals surface area contributed by atoms with Gasteiger partial charge in [-0.25, -0.2) is 4.98 Å². The predicted octanol–water partition coefficient (Wildman–Crippen LogP) is 3.98. The number of nitrogens with zero attached hydrogens (tertiary/aromatic N) is 1. The van der Waals surface area contributed by atoms with Crippen molar-refractivity contribution in [2.45, 2.75) is 33.1 Å². The average molecular weight is 388 g/mol. The van der Waals surface area contributed by atoms with Crippen LogP contribution in [0.3, 0.4) is 0 Å². The highest BCUT2D eigenvalue weighted by Crippen LogP contribution is 2.22. The highest BCUT2D eigenvalue weighted by Gasteiger charge is 2.11. The minimum Gasteiger partial charge on any atom is -0.481 e. The molecular formula is C21H25NO4S. The number of aliphatic carboxylic acids is 1. The summed E-state index contributed by atoms with van der Waals surface area (Å²) in [5.41, 5.74) is 3.20. The van der Waals surface area contributed by atoms with Crippen molar-refractivity contribution in [2.75, 3.05) is 24.7 Å². The van der Waals surface area contributed by atoms with Crippen LogP contribution in [0.1, 0.15) is 30.4 Å². The van der Waals surface area contributed by atoms with E-state index in [0.29, 0.717) is 31.3 Å². The molecule has 1 aromatic carbocycles. The zero-order chi connectivity index (χ0) is 19.5. The second kappa shape index (κ2) is 11.5. The Labute approximate surface area is 164 Å². The van der Waals surface area contributed by atoms with Crippen molar-refractivity contribution in [2.24, 2.45) is 0 Å². The SMILES string of the molecule is CCCc1ccc(-c2nc(CCOCC#CCSCC(=O)O)c(C)o2)cc1. The lowest BCUT2D eigenvalue weighted by atomic mass is 10.1. The average Bonchev–Trinajstić information content (AvgIpc) is 3.02. The number of benzene rings is 1. The van der Waals surface area contributed by atoms with Crippen LogP contribution in [0.25, 0.3) is 11.5 Å². The van der Waals surface area contributed by atoms with Crippen molar-refractivity contribution < 1.29 is 19.1 Å². The van der Waals surface area contributed by atoms with E-state index in [4.69, 9.17) is 14.3 Å². The van der Waals surface area contributed by atoms with Gasteiger partial charge in [0, 0.05) is 12.0 Å². The highest BCUT2D eigenvalue weighted by atomic mass is 32.2. The normalized spacial score (nSPS) is 10.4. The molecule has 0 unspecified atom stereocenters. The minimum atomic E-state index is -0.822. The lowest BCUT2D eigenvalue weighted by Gasteiger charge is -1.99. The fraction of sp³-hybridized carbons (Fsp3) is 0.429.